The van der Waals surface area contributed by atoms with Gasteiger partial charge in [-0.1, -0.05) is 0 Å². The van der Waals surface area contributed by atoms with Gasteiger partial charge < -0.3 is 0 Å². The van der Waals surface area contributed by atoms with E-state index in [2.05, 4.69) is 0 Å². The van der Waals surface area contributed by atoms with Crippen molar-refractivity contribution >= 4 is 52.4 Å². The van der Waals surface area contributed by atoms with Gasteiger partial charge in [-0.25, -0.2) is 0 Å². The molecule has 0 atom stereocenters. The minimum atomic E-state index is -3.94. The summed E-state index contributed by atoms with van der Waals surface area (Å²) in [6, 6.07) is 0. The van der Waals surface area contributed by atoms with Crippen LogP contribution in [0.4, 0.5) is 0 Å². The summed E-state index contributed by atoms with van der Waals surface area (Å²) in [4.78, 5) is 0. The Hall–Kier alpha value is 2.20. The van der Waals surface area contributed by atoms with Gasteiger partial charge in [-0.15, -0.1) is 0 Å². The Morgan fingerprint density at radius 3 is 0.571 bits per heavy atom. The van der Waals surface area contributed by atoms with Crippen LogP contribution in [0.15, 0.2) is 0 Å². The zero-order valence-electron chi connectivity index (χ0n) is 6.17. The minimum absolute atomic E-state index is 0. The molecule has 2 radical (unpaired) electrons. The van der Waals surface area contributed by atoms with Crippen molar-refractivity contribution in [2.45, 2.75) is 0 Å². The quantitative estimate of drug-likeness (QED) is 0.222. The van der Waals surface area contributed by atoms with Gasteiger partial charge in [0.2, 0.25) is 0 Å². The van der Waals surface area contributed by atoms with Gasteiger partial charge in [0, 0.05) is 0 Å². The average Bonchev–Trinajstić information content (AvgIpc) is 1.54. The molecule has 0 aromatic carbocycles. The van der Waals surface area contributed by atoms with E-state index in [1.165, 1.54) is 0 Å². The fraction of sp³-hybridized carbons (Fsp3) is 0. The van der Waals surface area contributed by atoms with Gasteiger partial charge in [0.05, 0.1) is 0 Å². The zero-order chi connectivity index (χ0) is 10.7. The molecule has 0 spiro atoms. The predicted molar refractivity (Wildman–Crippen MR) is 19.8 cm³/mol. The van der Waals surface area contributed by atoms with E-state index < -0.39 is 46.2 Å². The van der Waals surface area contributed by atoms with E-state index in [4.69, 9.17) is 34.1 Å². The Morgan fingerprint density at radius 2 is 0.571 bits per heavy atom. The molecule has 0 amide bonds. The van der Waals surface area contributed by atoms with E-state index in [0.717, 1.165) is 0 Å². The molecule has 14 heteroatoms. The van der Waals surface area contributed by atoms with E-state index in [0.29, 0.717) is 0 Å². The Morgan fingerprint density at radius 1 is 0.571 bits per heavy atom. The van der Waals surface area contributed by atoms with Crippen molar-refractivity contribution in [3.63, 3.8) is 0 Å². The molecule has 0 aromatic rings. The normalized spacial score (nSPS) is 5.36. The molecule has 0 aromatic heterocycles. The summed E-state index contributed by atoms with van der Waals surface area (Å²) >= 11 is -11.8. The summed E-state index contributed by atoms with van der Waals surface area (Å²) in [6.07, 6.45) is 0. The van der Waals surface area contributed by atoms with Crippen LogP contribution in [0.25, 0.3) is 0 Å². The Kier molecular flexibility index (Phi) is 52.1. The van der Waals surface area contributed by atoms with E-state index in [9.17, 15) is 0 Å². The average molecular weight is 718 g/mol. The van der Waals surface area contributed by atoms with E-state index in [1.54, 1.807) is 0 Å². The molecule has 0 N–H and O–H groups in total. The second-order valence-electron chi connectivity index (χ2n) is 0.671. The molecule has 82 valence electrons. The monoisotopic (exact) mass is 718 g/mol. The number of hydrogen-bond acceptors (Lipinski definition) is 9. The van der Waals surface area contributed by atoms with E-state index in [-0.39, 0.29) is 52.4 Å². The summed E-state index contributed by atoms with van der Waals surface area (Å²) in [7, 11) is 0. The second-order valence-corrected chi connectivity index (χ2v) is 2.77. The zero-order valence-corrected chi connectivity index (χ0v) is 19.3. The molecule has 0 aliphatic carbocycles. The standard InChI is InChI=1S/2Bi.9O.3V.3H/q;+3;;;;;;;3*-1;;;;;;. The maximum absolute atomic E-state index is 8.56. The van der Waals surface area contributed by atoms with Crippen LogP contribution in [0.1, 0.15) is 0 Å². The summed E-state index contributed by atoms with van der Waals surface area (Å²) in [5.41, 5.74) is 0. The molecule has 0 aliphatic rings. The summed E-state index contributed by atoms with van der Waals surface area (Å²) < 4.78 is 77.1. The Balaban J connectivity index is -0.0000000270. The number of hydrogen-bond donors (Lipinski definition) is 0. The van der Waals surface area contributed by atoms with Crippen LogP contribution < -0.4 is 12.1 Å². The summed E-state index contributed by atoms with van der Waals surface area (Å²) in [6.45, 7) is 0. The fourth-order valence-corrected chi connectivity index (χ4v) is 0. The molecule has 0 heterocycles. The van der Waals surface area contributed by atoms with Gasteiger partial charge in [-0.2, -0.15) is 0 Å². The molecular weight excluding hydrogens is 715 g/mol. The SMILES string of the molecule is [Bi+3].[BiH3].[O]=[V](=[O])[O-].[O]=[V](=[O])[O-].[O]=[V](=[O])[O-]. The maximum atomic E-state index is 8.56. The summed E-state index contributed by atoms with van der Waals surface area (Å²) in [5, 5.41) is 0. The topological polar surface area (TPSA) is 172 Å². The van der Waals surface area contributed by atoms with Gasteiger partial charge in [0.1, 0.15) is 0 Å². The van der Waals surface area contributed by atoms with Crippen LogP contribution in [-0.2, 0) is 68.2 Å². The van der Waals surface area contributed by atoms with Crippen LogP contribution in [0, 0.1) is 0 Å². The molecule has 0 saturated carbocycles. The Labute approximate surface area is 131 Å². The fourth-order valence-electron chi connectivity index (χ4n) is 0. The van der Waals surface area contributed by atoms with Crippen LogP contribution in [-0.4, -0.2) is 52.4 Å². The molecule has 0 saturated heterocycles. The van der Waals surface area contributed by atoms with Crippen molar-refractivity contribution in [1.29, 1.82) is 0 Å². The van der Waals surface area contributed by atoms with Gasteiger partial charge in [-0.3, -0.25) is 0 Å². The van der Waals surface area contributed by atoms with Gasteiger partial charge in [-0.05, 0) is 0 Å². The molecule has 0 aliphatic heterocycles. The number of rotatable bonds is 0. The van der Waals surface area contributed by atoms with Crippen LogP contribution in [0.3, 0.4) is 0 Å². The first kappa shape index (κ1) is 29.8. The third kappa shape index (κ3) is 511. The predicted octanol–water partition coefficient (Wildman–Crippen LogP) is -5.85. The van der Waals surface area contributed by atoms with Crippen LogP contribution >= 0.6 is 0 Å². The summed E-state index contributed by atoms with van der Waals surface area (Å²) in [5.74, 6) is 0. The van der Waals surface area contributed by atoms with Crippen molar-refractivity contribution in [3.05, 3.63) is 0 Å². The third-order valence-electron chi connectivity index (χ3n) is 0. The van der Waals surface area contributed by atoms with Crippen molar-refractivity contribution in [2.24, 2.45) is 0 Å². The first-order valence-corrected chi connectivity index (χ1v) is 6.77. The molecule has 0 unspecified atom stereocenters. The molecule has 0 bridgehead atoms. The van der Waals surface area contributed by atoms with Gasteiger partial charge in [0.25, 0.3) is 0 Å². The first-order chi connectivity index (χ1) is 5.20. The molecular formula is H3Bi2O9V3. The van der Waals surface area contributed by atoms with E-state index in [1.807, 2.05) is 0 Å². The Bertz CT molecular complexity index is 211. The van der Waals surface area contributed by atoms with Crippen molar-refractivity contribution in [2.75, 3.05) is 0 Å². The third-order valence-corrected chi connectivity index (χ3v) is 0. The van der Waals surface area contributed by atoms with Crippen molar-refractivity contribution in [1.82, 2.24) is 0 Å². The van der Waals surface area contributed by atoms with Crippen LogP contribution in [0.5, 0.6) is 0 Å². The molecule has 0 fully saturated rings. The molecule has 0 rings (SSSR count). The van der Waals surface area contributed by atoms with Crippen molar-refractivity contribution in [3.8, 4) is 0 Å². The first-order valence-electron chi connectivity index (χ1n) is 1.64. The second kappa shape index (κ2) is 24.4. The molecule has 9 nitrogen and oxygen atoms in total. The molecule has 14 heavy (non-hydrogen) atoms. The van der Waals surface area contributed by atoms with Gasteiger partial charge >= 0.3 is 133 Å². The van der Waals surface area contributed by atoms with Crippen molar-refractivity contribution < 1.29 is 80.3 Å². The van der Waals surface area contributed by atoms with Gasteiger partial charge in [0.15, 0.2) is 0 Å². The van der Waals surface area contributed by atoms with E-state index >= 15 is 0 Å². The van der Waals surface area contributed by atoms with Crippen LogP contribution in [0.2, 0.25) is 0 Å².